The summed E-state index contributed by atoms with van der Waals surface area (Å²) >= 11 is 0. The van der Waals surface area contributed by atoms with E-state index in [1.807, 2.05) is 30.3 Å². The number of ether oxygens (including phenoxy) is 2. The number of hydrogen-bond acceptors (Lipinski definition) is 5. The number of rotatable bonds is 8. The first-order valence-corrected chi connectivity index (χ1v) is 8.54. The first-order valence-electron chi connectivity index (χ1n) is 8.54. The number of benzene rings is 1. The van der Waals surface area contributed by atoms with Gasteiger partial charge in [-0.05, 0) is 24.3 Å². The summed E-state index contributed by atoms with van der Waals surface area (Å²) in [5, 5.41) is 10.3. The Balaban J connectivity index is 2.19. The minimum absolute atomic E-state index is 0.0170. The molecule has 1 heterocycles. The molecule has 2 unspecified atom stereocenters. The highest BCUT2D eigenvalue weighted by Gasteiger charge is 2.28. The third-order valence-electron chi connectivity index (χ3n) is 4.40. The van der Waals surface area contributed by atoms with Crippen LogP contribution in [-0.4, -0.2) is 30.1 Å². The maximum absolute atomic E-state index is 12.8. The molecule has 6 heteroatoms. The second kappa shape index (κ2) is 8.56. The fourth-order valence-electron chi connectivity index (χ4n) is 3.17. The zero-order valence-electron chi connectivity index (χ0n) is 15.5. The van der Waals surface area contributed by atoms with Gasteiger partial charge in [-0.3, -0.25) is 14.6 Å². The molecule has 1 aromatic heterocycles. The lowest BCUT2D eigenvalue weighted by molar-refractivity contribution is 0.0908. The van der Waals surface area contributed by atoms with Gasteiger partial charge in [0.05, 0.1) is 14.2 Å². The summed E-state index contributed by atoms with van der Waals surface area (Å²) in [6.45, 7) is 3.83. The number of ketones is 1. The van der Waals surface area contributed by atoms with Crippen molar-refractivity contribution in [1.29, 1.82) is 0 Å². The van der Waals surface area contributed by atoms with Crippen LogP contribution in [0.1, 0.15) is 36.2 Å². The molecule has 0 aliphatic carbocycles. The fraction of sp³-hybridized carbons (Fsp3) is 0.400. The van der Waals surface area contributed by atoms with Crippen molar-refractivity contribution in [2.45, 2.75) is 26.7 Å². The summed E-state index contributed by atoms with van der Waals surface area (Å²) in [5.41, 5.74) is 0.223. The van der Waals surface area contributed by atoms with Crippen LogP contribution in [0.4, 0.5) is 0 Å². The first kappa shape index (κ1) is 19.6. The standard InChI is InChI=1S/C20H25NO5/c1-12(11-14-8-6-5-7-9-14)10-13(2)16(22)15-17(23)18(25-3)20(26-4)21-19(15)24/h5-9,12-13H,10-11H2,1-4H3,(H2,21,23,24). The van der Waals surface area contributed by atoms with Crippen molar-refractivity contribution < 1.29 is 19.4 Å². The Kier molecular flexibility index (Phi) is 6.44. The van der Waals surface area contributed by atoms with Crippen molar-refractivity contribution in [2.75, 3.05) is 14.2 Å². The molecule has 0 radical (unpaired) electrons. The van der Waals surface area contributed by atoms with Crippen LogP contribution in [0, 0.1) is 11.8 Å². The van der Waals surface area contributed by atoms with Gasteiger partial charge in [0.1, 0.15) is 5.56 Å². The van der Waals surface area contributed by atoms with E-state index in [2.05, 4.69) is 11.9 Å². The molecule has 6 nitrogen and oxygen atoms in total. The van der Waals surface area contributed by atoms with E-state index < -0.39 is 23.0 Å². The van der Waals surface area contributed by atoms with E-state index in [1.165, 1.54) is 19.8 Å². The topological polar surface area (TPSA) is 88.6 Å². The Labute approximate surface area is 152 Å². The molecule has 1 aromatic carbocycles. The van der Waals surface area contributed by atoms with E-state index in [1.54, 1.807) is 6.92 Å². The van der Waals surface area contributed by atoms with Crippen LogP contribution in [0.3, 0.4) is 0 Å². The SMILES string of the molecule is COc1[nH]c(=O)c(C(=O)C(C)CC(C)Cc2ccccc2)c(O)c1OC. The van der Waals surface area contributed by atoms with Crippen molar-refractivity contribution in [3.8, 4) is 17.4 Å². The van der Waals surface area contributed by atoms with E-state index in [9.17, 15) is 14.7 Å². The number of methoxy groups -OCH3 is 2. The molecule has 0 aliphatic heterocycles. The number of nitrogens with one attached hydrogen (secondary N) is 1. The quantitative estimate of drug-likeness (QED) is 0.707. The van der Waals surface area contributed by atoms with Gasteiger partial charge in [-0.2, -0.15) is 0 Å². The maximum Gasteiger partial charge on any atom is 0.265 e. The minimum atomic E-state index is -0.687. The number of aromatic nitrogens is 1. The molecule has 0 saturated carbocycles. The number of aromatic hydroxyl groups is 1. The van der Waals surface area contributed by atoms with Gasteiger partial charge in [0.2, 0.25) is 11.6 Å². The van der Waals surface area contributed by atoms with Crippen LogP contribution in [0.25, 0.3) is 0 Å². The molecule has 0 bridgehead atoms. The van der Waals surface area contributed by atoms with Gasteiger partial charge in [-0.1, -0.05) is 44.2 Å². The highest BCUT2D eigenvalue weighted by molar-refractivity contribution is 6.00. The summed E-state index contributed by atoms with van der Waals surface area (Å²) in [6, 6.07) is 10.0. The van der Waals surface area contributed by atoms with E-state index >= 15 is 0 Å². The van der Waals surface area contributed by atoms with E-state index in [0.717, 1.165) is 6.42 Å². The normalized spacial score (nSPS) is 13.1. The van der Waals surface area contributed by atoms with Crippen LogP contribution in [0.2, 0.25) is 0 Å². The molecule has 2 rings (SSSR count). The summed E-state index contributed by atoms with van der Waals surface area (Å²) in [5.74, 6) is -1.14. The van der Waals surface area contributed by atoms with Crippen molar-refractivity contribution in [3.63, 3.8) is 0 Å². The average Bonchev–Trinajstić information content (AvgIpc) is 2.61. The van der Waals surface area contributed by atoms with E-state index in [0.29, 0.717) is 6.42 Å². The Hall–Kier alpha value is -2.76. The molecule has 2 atom stereocenters. The molecule has 0 amide bonds. The average molecular weight is 359 g/mol. The molecule has 140 valence electrons. The van der Waals surface area contributed by atoms with Crippen molar-refractivity contribution in [2.24, 2.45) is 11.8 Å². The fourth-order valence-corrected chi connectivity index (χ4v) is 3.17. The molecule has 2 aromatic rings. The maximum atomic E-state index is 12.8. The van der Waals surface area contributed by atoms with Crippen LogP contribution in [0.15, 0.2) is 35.1 Å². The van der Waals surface area contributed by atoms with E-state index in [4.69, 9.17) is 9.47 Å². The molecule has 0 spiro atoms. The lowest BCUT2D eigenvalue weighted by Crippen LogP contribution is -2.24. The van der Waals surface area contributed by atoms with Gasteiger partial charge >= 0.3 is 0 Å². The Morgan fingerprint density at radius 1 is 1.15 bits per heavy atom. The Morgan fingerprint density at radius 2 is 1.81 bits per heavy atom. The number of carbonyl (C=O) groups is 1. The van der Waals surface area contributed by atoms with Crippen molar-refractivity contribution >= 4 is 5.78 Å². The molecule has 26 heavy (non-hydrogen) atoms. The van der Waals surface area contributed by atoms with Gasteiger partial charge in [0.15, 0.2) is 11.5 Å². The number of H-pyrrole nitrogens is 1. The Bertz CT molecular complexity index is 813. The second-order valence-corrected chi connectivity index (χ2v) is 6.54. The van der Waals surface area contributed by atoms with Crippen LogP contribution < -0.4 is 15.0 Å². The molecular formula is C20H25NO5. The zero-order chi connectivity index (χ0) is 19.3. The largest absolute Gasteiger partial charge is 0.503 e. The lowest BCUT2D eigenvalue weighted by atomic mass is 9.87. The number of carbonyl (C=O) groups excluding carboxylic acids is 1. The smallest absolute Gasteiger partial charge is 0.265 e. The second-order valence-electron chi connectivity index (χ2n) is 6.54. The monoisotopic (exact) mass is 359 g/mol. The van der Waals surface area contributed by atoms with Gasteiger partial charge in [0.25, 0.3) is 5.56 Å². The predicted octanol–water partition coefficient (Wildman–Crippen LogP) is 3.19. The van der Waals surface area contributed by atoms with Gasteiger partial charge in [-0.15, -0.1) is 0 Å². The van der Waals surface area contributed by atoms with Crippen LogP contribution in [-0.2, 0) is 6.42 Å². The first-order chi connectivity index (χ1) is 12.4. The number of pyridine rings is 1. The van der Waals surface area contributed by atoms with Crippen LogP contribution in [0.5, 0.6) is 17.4 Å². The summed E-state index contributed by atoms with van der Waals surface area (Å²) in [6.07, 6.45) is 1.44. The zero-order valence-corrected chi connectivity index (χ0v) is 15.5. The summed E-state index contributed by atoms with van der Waals surface area (Å²) in [4.78, 5) is 27.4. The molecule has 0 saturated heterocycles. The van der Waals surface area contributed by atoms with E-state index in [-0.39, 0.29) is 23.1 Å². The van der Waals surface area contributed by atoms with Gasteiger partial charge in [-0.25, -0.2) is 0 Å². The van der Waals surface area contributed by atoms with Gasteiger partial charge in [0, 0.05) is 5.92 Å². The van der Waals surface area contributed by atoms with Crippen molar-refractivity contribution in [1.82, 2.24) is 4.98 Å². The van der Waals surface area contributed by atoms with Crippen molar-refractivity contribution in [3.05, 3.63) is 51.8 Å². The number of hydrogen-bond donors (Lipinski definition) is 2. The molecular weight excluding hydrogens is 334 g/mol. The highest BCUT2D eigenvalue weighted by atomic mass is 16.5. The number of aromatic amines is 1. The summed E-state index contributed by atoms with van der Waals surface area (Å²) < 4.78 is 10.0. The minimum Gasteiger partial charge on any atom is -0.503 e. The summed E-state index contributed by atoms with van der Waals surface area (Å²) in [7, 11) is 2.66. The third-order valence-corrected chi connectivity index (χ3v) is 4.40. The highest BCUT2D eigenvalue weighted by Crippen LogP contribution is 2.36. The van der Waals surface area contributed by atoms with Gasteiger partial charge < -0.3 is 14.6 Å². The third kappa shape index (κ3) is 4.25. The molecule has 0 aliphatic rings. The molecule has 2 N–H and O–H groups in total. The lowest BCUT2D eigenvalue weighted by Gasteiger charge is -2.18. The predicted molar refractivity (Wildman–Crippen MR) is 99.3 cm³/mol. The molecule has 0 fully saturated rings. The Morgan fingerprint density at radius 3 is 2.38 bits per heavy atom. The van der Waals surface area contributed by atoms with Crippen LogP contribution >= 0.6 is 0 Å². The number of Topliss-reactive ketones (excluding diaryl/α,β-unsaturated/α-hetero) is 1.